The maximum absolute atomic E-state index is 6.11. The fraction of sp³-hybridized carbons (Fsp3) is 0.706. The molecule has 136 valence electrons. The van der Waals surface area contributed by atoms with Crippen molar-refractivity contribution in [1.29, 1.82) is 0 Å². The van der Waals surface area contributed by atoms with Crippen LogP contribution in [0.5, 0.6) is 0 Å². The Kier molecular flexibility index (Phi) is 6.84. The van der Waals surface area contributed by atoms with Crippen LogP contribution in [0.3, 0.4) is 0 Å². The smallest absolute Gasteiger partial charge is 0.191 e. The van der Waals surface area contributed by atoms with Crippen LogP contribution in [0.4, 0.5) is 0 Å². The lowest BCUT2D eigenvalue weighted by Gasteiger charge is -2.41. The Balaban J connectivity index is 1.86. The fourth-order valence-corrected chi connectivity index (χ4v) is 3.48. The van der Waals surface area contributed by atoms with Crippen LogP contribution in [0.1, 0.15) is 38.8 Å². The molecule has 7 heteroatoms. The summed E-state index contributed by atoms with van der Waals surface area (Å²) < 4.78 is 1.88. The number of guanidine groups is 1. The maximum atomic E-state index is 6.11. The average Bonchev–Trinajstić information content (AvgIpc) is 2.83. The van der Waals surface area contributed by atoms with Crippen molar-refractivity contribution in [2.45, 2.75) is 45.2 Å². The van der Waals surface area contributed by atoms with Gasteiger partial charge in [0.25, 0.3) is 0 Å². The first kappa shape index (κ1) is 19.4. The van der Waals surface area contributed by atoms with Gasteiger partial charge in [0.2, 0.25) is 0 Å². The van der Waals surface area contributed by atoms with Gasteiger partial charge >= 0.3 is 0 Å². The number of hydrogen-bond donors (Lipinski definition) is 2. The Morgan fingerprint density at radius 3 is 2.42 bits per heavy atom. The summed E-state index contributed by atoms with van der Waals surface area (Å²) in [6, 6.07) is 1.88. The molecule has 1 aliphatic rings. The minimum atomic E-state index is 0.107. The summed E-state index contributed by atoms with van der Waals surface area (Å²) in [5, 5.41) is 7.90. The van der Waals surface area contributed by atoms with Gasteiger partial charge in [-0.1, -0.05) is 29.6 Å². The van der Waals surface area contributed by atoms with Crippen molar-refractivity contribution in [3.63, 3.8) is 0 Å². The largest absolute Gasteiger partial charge is 0.355 e. The number of piperidine rings is 1. The summed E-state index contributed by atoms with van der Waals surface area (Å²) in [6.45, 7) is 8.40. The summed E-state index contributed by atoms with van der Waals surface area (Å²) >= 11 is 12.2. The third kappa shape index (κ3) is 4.80. The quantitative estimate of drug-likeness (QED) is 0.614. The van der Waals surface area contributed by atoms with Crippen molar-refractivity contribution in [2.75, 3.05) is 26.7 Å². The Labute approximate surface area is 155 Å². The molecule has 1 aromatic rings. The molecule has 1 aliphatic heterocycles. The molecule has 0 bridgehead atoms. The highest BCUT2D eigenvalue weighted by molar-refractivity contribution is 6.41. The zero-order valence-electron chi connectivity index (χ0n) is 15.1. The maximum Gasteiger partial charge on any atom is 0.191 e. The standard InChI is InChI=1S/C17H29Cl2N5/c1-17(2,24-8-6-5-7-9-24)12-22-16(20-3)21-11-13-10-14(18)15(19)23(13)4/h10H,5-9,11-12H2,1-4H3,(H2,20,21,22). The van der Waals surface area contributed by atoms with E-state index in [2.05, 4.69) is 34.4 Å². The molecule has 24 heavy (non-hydrogen) atoms. The molecule has 0 unspecified atom stereocenters. The molecule has 0 spiro atoms. The second kappa shape index (κ2) is 8.45. The molecule has 5 nitrogen and oxygen atoms in total. The molecule has 2 N–H and O–H groups in total. The van der Waals surface area contributed by atoms with Crippen molar-refractivity contribution in [3.05, 3.63) is 21.9 Å². The Morgan fingerprint density at radius 2 is 1.88 bits per heavy atom. The highest BCUT2D eigenvalue weighted by Crippen LogP contribution is 2.25. The Hall–Kier alpha value is -0.910. The third-order valence-corrected chi connectivity index (χ3v) is 5.62. The van der Waals surface area contributed by atoms with Crippen molar-refractivity contribution in [2.24, 2.45) is 12.0 Å². The fourth-order valence-electron chi connectivity index (χ4n) is 3.06. The molecule has 0 atom stereocenters. The monoisotopic (exact) mass is 373 g/mol. The lowest BCUT2D eigenvalue weighted by molar-refractivity contribution is 0.0982. The SMILES string of the molecule is CN=C(NCc1cc(Cl)c(Cl)n1C)NCC(C)(C)N1CCCCC1. The lowest BCUT2D eigenvalue weighted by Crippen LogP contribution is -2.54. The Morgan fingerprint density at radius 1 is 1.21 bits per heavy atom. The summed E-state index contributed by atoms with van der Waals surface area (Å²) in [6.07, 6.45) is 3.95. The van der Waals surface area contributed by atoms with E-state index >= 15 is 0 Å². The van der Waals surface area contributed by atoms with E-state index in [0.717, 1.165) is 18.2 Å². The lowest BCUT2D eigenvalue weighted by atomic mass is 9.98. The zero-order valence-corrected chi connectivity index (χ0v) is 16.6. The number of aromatic nitrogens is 1. The first-order valence-electron chi connectivity index (χ1n) is 8.54. The molecule has 0 aliphatic carbocycles. The van der Waals surface area contributed by atoms with Gasteiger partial charge in [-0.15, -0.1) is 0 Å². The summed E-state index contributed by atoms with van der Waals surface area (Å²) in [5.41, 5.74) is 1.12. The van der Waals surface area contributed by atoms with E-state index in [1.807, 2.05) is 17.7 Å². The molecule has 0 saturated carbocycles. The summed E-state index contributed by atoms with van der Waals surface area (Å²) in [7, 11) is 3.69. The van der Waals surface area contributed by atoms with E-state index in [-0.39, 0.29) is 5.54 Å². The number of aliphatic imine (C=N–C) groups is 1. The van der Waals surface area contributed by atoms with Crippen molar-refractivity contribution in [1.82, 2.24) is 20.1 Å². The van der Waals surface area contributed by atoms with Crippen molar-refractivity contribution < 1.29 is 0 Å². The van der Waals surface area contributed by atoms with E-state index in [9.17, 15) is 0 Å². The predicted octanol–water partition coefficient (Wildman–Crippen LogP) is 3.26. The van der Waals surface area contributed by atoms with E-state index in [1.54, 1.807) is 7.05 Å². The number of hydrogen-bond acceptors (Lipinski definition) is 2. The van der Waals surface area contributed by atoms with Gasteiger partial charge in [-0.25, -0.2) is 0 Å². The van der Waals surface area contributed by atoms with E-state index in [0.29, 0.717) is 16.7 Å². The molecular formula is C17H29Cl2N5. The van der Waals surface area contributed by atoms with Crippen LogP contribution in [-0.4, -0.2) is 47.6 Å². The molecule has 2 heterocycles. The third-order valence-electron chi connectivity index (χ3n) is 4.78. The van der Waals surface area contributed by atoms with Crippen LogP contribution in [0.25, 0.3) is 0 Å². The highest BCUT2D eigenvalue weighted by Gasteiger charge is 2.27. The Bertz CT molecular complexity index is 574. The molecule has 0 radical (unpaired) electrons. The zero-order chi connectivity index (χ0) is 17.7. The van der Waals surface area contributed by atoms with Crippen LogP contribution < -0.4 is 10.6 Å². The molecular weight excluding hydrogens is 345 g/mol. The van der Waals surface area contributed by atoms with Gasteiger partial charge in [-0.3, -0.25) is 9.89 Å². The number of rotatable bonds is 5. The van der Waals surface area contributed by atoms with Gasteiger partial charge < -0.3 is 15.2 Å². The second-order valence-electron chi connectivity index (χ2n) is 6.97. The number of halogens is 2. The van der Waals surface area contributed by atoms with Crippen LogP contribution in [-0.2, 0) is 13.6 Å². The molecule has 0 amide bonds. The van der Waals surface area contributed by atoms with E-state index in [4.69, 9.17) is 23.2 Å². The van der Waals surface area contributed by atoms with Crippen LogP contribution in [0, 0.1) is 0 Å². The topological polar surface area (TPSA) is 44.6 Å². The molecule has 1 fully saturated rings. The normalized spacial score (nSPS) is 17.2. The van der Waals surface area contributed by atoms with Crippen LogP contribution in [0.15, 0.2) is 11.1 Å². The highest BCUT2D eigenvalue weighted by atomic mass is 35.5. The van der Waals surface area contributed by atoms with Crippen LogP contribution in [0.2, 0.25) is 10.2 Å². The van der Waals surface area contributed by atoms with Gasteiger partial charge in [0, 0.05) is 31.9 Å². The number of nitrogens with zero attached hydrogens (tertiary/aromatic N) is 3. The molecule has 2 rings (SSSR count). The van der Waals surface area contributed by atoms with Crippen molar-refractivity contribution in [3.8, 4) is 0 Å². The molecule has 0 aromatic carbocycles. The van der Waals surface area contributed by atoms with E-state index < -0.39 is 0 Å². The van der Waals surface area contributed by atoms with Crippen LogP contribution >= 0.6 is 23.2 Å². The second-order valence-corrected chi connectivity index (χ2v) is 7.74. The molecule has 1 aromatic heterocycles. The minimum Gasteiger partial charge on any atom is -0.355 e. The van der Waals surface area contributed by atoms with E-state index in [1.165, 1.54) is 32.4 Å². The number of nitrogens with one attached hydrogen (secondary N) is 2. The predicted molar refractivity (Wildman–Crippen MR) is 103 cm³/mol. The first-order valence-corrected chi connectivity index (χ1v) is 9.30. The van der Waals surface area contributed by atoms with Crippen molar-refractivity contribution >= 4 is 29.2 Å². The van der Waals surface area contributed by atoms with Gasteiger partial charge in [0.05, 0.1) is 11.6 Å². The summed E-state index contributed by atoms with van der Waals surface area (Å²) in [4.78, 5) is 6.87. The average molecular weight is 374 g/mol. The number of likely N-dealkylation sites (tertiary alicyclic amines) is 1. The summed E-state index contributed by atoms with van der Waals surface area (Å²) in [5.74, 6) is 0.786. The van der Waals surface area contributed by atoms with Gasteiger partial charge in [-0.05, 0) is 45.8 Å². The minimum absolute atomic E-state index is 0.107. The van der Waals surface area contributed by atoms with Gasteiger partial charge in [0.1, 0.15) is 5.15 Å². The van der Waals surface area contributed by atoms with Gasteiger partial charge in [0.15, 0.2) is 5.96 Å². The first-order chi connectivity index (χ1) is 11.3. The van der Waals surface area contributed by atoms with Gasteiger partial charge in [-0.2, -0.15) is 0 Å². The molecule has 1 saturated heterocycles.